The summed E-state index contributed by atoms with van der Waals surface area (Å²) in [7, 11) is 1.74. The molecule has 2 aromatic heterocycles. The molecule has 2 rings (SSSR count). The number of aromatic carboxylic acids is 1. The largest absolute Gasteiger partial charge is 0.478 e. The Morgan fingerprint density at radius 3 is 2.95 bits per heavy atom. The molecule has 6 nitrogen and oxygen atoms in total. The Kier molecular flexibility index (Phi) is 3.96. The first kappa shape index (κ1) is 13.7. The molecule has 0 fully saturated rings. The highest BCUT2D eigenvalue weighted by molar-refractivity contribution is 7.09. The highest BCUT2D eigenvalue weighted by Gasteiger charge is 2.16. The van der Waals surface area contributed by atoms with Crippen molar-refractivity contribution < 1.29 is 9.90 Å². The number of aromatic nitrogens is 3. The van der Waals surface area contributed by atoms with Crippen molar-refractivity contribution in [2.75, 3.05) is 0 Å². The lowest BCUT2D eigenvalue weighted by molar-refractivity contribution is 0.0695. The summed E-state index contributed by atoms with van der Waals surface area (Å²) in [4.78, 5) is 15.5. The van der Waals surface area contributed by atoms with Crippen molar-refractivity contribution in [1.29, 1.82) is 0 Å². The van der Waals surface area contributed by atoms with E-state index in [0.29, 0.717) is 12.2 Å². The van der Waals surface area contributed by atoms with Crippen molar-refractivity contribution in [1.82, 2.24) is 20.1 Å². The molecule has 0 spiro atoms. The Balaban J connectivity index is 2.06. The van der Waals surface area contributed by atoms with Gasteiger partial charge in [0.1, 0.15) is 10.6 Å². The van der Waals surface area contributed by atoms with Crippen LogP contribution in [0.2, 0.25) is 0 Å². The van der Waals surface area contributed by atoms with E-state index >= 15 is 0 Å². The van der Waals surface area contributed by atoms with Gasteiger partial charge < -0.3 is 10.4 Å². The number of carboxylic acid groups (broad SMARTS) is 1. The third kappa shape index (κ3) is 2.99. The van der Waals surface area contributed by atoms with E-state index in [0.717, 1.165) is 10.7 Å². The molecule has 2 aromatic rings. The van der Waals surface area contributed by atoms with E-state index in [-0.39, 0.29) is 11.6 Å². The van der Waals surface area contributed by atoms with Gasteiger partial charge >= 0.3 is 5.97 Å². The molecule has 0 radical (unpaired) electrons. The zero-order chi connectivity index (χ0) is 14.0. The number of hydrogen-bond donors (Lipinski definition) is 2. The van der Waals surface area contributed by atoms with Crippen LogP contribution in [-0.4, -0.2) is 25.8 Å². The topological polar surface area (TPSA) is 80.0 Å². The number of thiazole rings is 1. The summed E-state index contributed by atoms with van der Waals surface area (Å²) in [5.41, 5.74) is 1.89. The number of rotatable bonds is 5. The standard InChI is InChI=1S/C12H16N4O2S/c1-7-6-19-11(15-7)8(2)13-5-10-9(12(17)18)4-14-16(10)3/h4,6,8,13H,5H2,1-3H3,(H,17,18). The summed E-state index contributed by atoms with van der Waals surface area (Å²) in [6.07, 6.45) is 1.37. The van der Waals surface area contributed by atoms with Crippen molar-refractivity contribution in [2.24, 2.45) is 7.05 Å². The van der Waals surface area contributed by atoms with Gasteiger partial charge in [-0.2, -0.15) is 5.10 Å². The molecule has 7 heteroatoms. The first-order chi connectivity index (χ1) is 8.99. The average Bonchev–Trinajstić information content (AvgIpc) is 2.93. The molecule has 1 unspecified atom stereocenters. The quantitative estimate of drug-likeness (QED) is 0.872. The normalized spacial score (nSPS) is 12.6. The van der Waals surface area contributed by atoms with Gasteiger partial charge in [0.25, 0.3) is 0 Å². The van der Waals surface area contributed by atoms with Gasteiger partial charge in [0, 0.05) is 24.7 Å². The number of carbonyl (C=O) groups is 1. The molecule has 0 aliphatic heterocycles. The smallest absolute Gasteiger partial charge is 0.339 e. The molecule has 19 heavy (non-hydrogen) atoms. The molecule has 2 N–H and O–H groups in total. The Morgan fingerprint density at radius 2 is 2.37 bits per heavy atom. The monoisotopic (exact) mass is 280 g/mol. The summed E-state index contributed by atoms with van der Waals surface area (Å²) in [6, 6.07) is 0.0789. The zero-order valence-corrected chi connectivity index (χ0v) is 11.9. The van der Waals surface area contributed by atoms with Gasteiger partial charge in [-0.25, -0.2) is 9.78 Å². The highest BCUT2D eigenvalue weighted by Crippen LogP contribution is 2.18. The lowest BCUT2D eigenvalue weighted by Gasteiger charge is -2.11. The van der Waals surface area contributed by atoms with E-state index in [4.69, 9.17) is 5.11 Å². The lowest BCUT2D eigenvalue weighted by atomic mass is 10.2. The van der Waals surface area contributed by atoms with Crippen LogP contribution >= 0.6 is 11.3 Å². The van der Waals surface area contributed by atoms with E-state index in [1.807, 2.05) is 19.2 Å². The molecule has 1 atom stereocenters. The van der Waals surface area contributed by atoms with Crippen LogP contribution in [0.4, 0.5) is 0 Å². The SMILES string of the molecule is Cc1csc(C(C)NCc2c(C(=O)O)cnn2C)n1. The minimum Gasteiger partial charge on any atom is -0.478 e. The van der Waals surface area contributed by atoms with Crippen molar-refractivity contribution >= 4 is 17.3 Å². The fourth-order valence-corrected chi connectivity index (χ4v) is 2.59. The molecule has 0 amide bonds. The fraction of sp³-hybridized carbons (Fsp3) is 0.417. The molecule has 102 valence electrons. The molecular weight excluding hydrogens is 264 g/mol. The number of nitrogens with one attached hydrogen (secondary N) is 1. The van der Waals surface area contributed by atoms with Crippen molar-refractivity contribution in [3.05, 3.63) is 33.5 Å². The van der Waals surface area contributed by atoms with Gasteiger partial charge in [0.15, 0.2) is 0 Å². The van der Waals surface area contributed by atoms with Crippen molar-refractivity contribution in [2.45, 2.75) is 26.4 Å². The molecule has 0 saturated heterocycles. The Morgan fingerprint density at radius 1 is 1.63 bits per heavy atom. The van der Waals surface area contributed by atoms with E-state index < -0.39 is 5.97 Å². The van der Waals surface area contributed by atoms with Crippen molar-refractivity contribution in [3.8, 4) is 0 Å². The number of hydrogen-bond acceptors (Lipinski definition) is 5. The maximum atomic E-state index is 11.1. The van der Waals surface area contributed by atoms with Gasteiger partial charge in [-0.3, -0.25) is 4.68 Å². The first-order valence-corrected chi connectivity index (χ1v) is 6.76. The lowest BCUT2D eigenvalue weighted by Crippen LogP contribution is -2.21. The summed E-state index contributed by atoms with van der Waals surface area (Å²) < 4.78 is 1.58. The van der Waals surface area contributed by atoms with Gasteiger partial charge in [0.2, 0.25) is 0 Å². The van der Waals surface area contributed by atoms with E-state index in [1.165, 1.54) is 6.20 Å². The fourth-order valence-electron chi connectivity index (χ4n) is 1.76. The summed E-state index contributed by atoms with van der Waals surface area (Å²) >= 11 is 1.60. The second-order valence-electron chi connectivity index (χ2n) is 4.36. The molecule has 0 aliphatic carbocycles. The van der Waals surface area contributed by atoms with Crippen LogP contribution in [0.1, 0.15) is 39.7 Å². The maximum absolute atomic E-state index is 11.1. The molecular formula is C12H16N4O2S. The molecule has 0 saturated carbocycles. The minimum absolute atomic E-state index is 0.0789. The predicted octanol–water partition coefficient (Wildman–Crippen LogP) is 1.73. The van der Waals surface area contributed by atoms with E-state index in [1.54, 1.807) is 23.1 Å². The van der Waals surface area contributed by atoms with E-state index in [2.05, 4.69) is 15.4 Å². The number of aryl methyl sites for hydroxylation is 2. The Hall–Kier alpha value is -1.73. The Bertz CT molecular complexity index is 590. The van der Waals surface area contributed by atoms with Crippen LogP contribution < -0.4 is 5.32 Å². The summed E-state index contributed by atoms with van der Waals surface area (Å²) in [6.45, 7) is 4.41. The maximum Gasteiger partial charge on any atom is 0.339 e. The average molecular weight is 280 g/mol. The highest BCUT2D eigenvalue weighted by atomic mass is 32.1. The predicted molar refractivity (Wildman–Crippen MR) is 72.3 cm³/mol. The molecule has 2 heterocycles. The molecule has 0 bridgehead atoms. The van der Waals surface area contributed by atoms with Gasteiger partial charge in [-0.15, -0.1) is 11.3 Å². The first-order valence-electron chi connectivity index (χ1n) is 5.88. The van der Waals surface area contributed by atoms with Gasteiger partial charge in [-0.1, -0.05) is 0 Å². The van der Waals surface area contributed by atoms with Crippen LogP contribution in [0.3, 0.4) is 0 Å². The van der Waals surface area contributed by atoms with Crippen LogP contribution in [0.25, 0.3) is 0 Å². The molecule has 0 aliphatic rings. The number of nitrogens with zero attached hydrogens (tertiary/aromatic N) is 3. The number of carboxylic acids is 1. The van der Waals surface area contributed by atoms with E-state index in [9.17, 15) is 4.79 Å². The van der Waals surface area contributed by atoms with Crippen LogP contribution in [0, 0.1) is 6.92 Å². The second-order valence-corrected chi connectivity index (χ2v) is 5.25. The Labute approximate surface area is 115 Å². The van der Waals surface area contributed by atoms with Gasteiger partial charge in [0.05, 0.1) is 17.9 Å². The van der Waals surface area contributed by atoms with Gasteiger partial charge in [-0.05, 0) is 13.8 Å². The van der Waals surface area contributed by atoms with Crippen LogP contribution in [0.5, 0.6) is 0 Å². The molecule has 0 aromatic carbocycles. The minimum atomic E-state index is -0.956. The summed E-state index contributed by atoms with van der Waals surface area (Å²) in [5.74, 6) is -0.956. The van der Waals surface area contributed by atoms with Crippen LogP contribution in [0.15, 0.2) is 11.6 Å². The third-order valence-electron chi connectivity index (χ3n) is 2.87. The zero-order valence-electron chi connectivity index (χ0n) is 11.0. The third-order valence-corrected chi connectivity index (χ3v) is 4.02. The second kappa shape index (κ2) is 5.50. The van der Waals surface area contributed by atoms with Crippen molar-refractivity contribution in [3.63, 3.8) is 0 Å². The van der Waals surface area contributed by atoms with Crippen LogP contribution in [-0.2, 0) is 13.6 Å². The summed E-state index contributed by atoms with van der Waals surface area (Å²) in [5, 5.41) is 19.3.